The first-order valence-electron chi connectivity index (χ1n) is 12.0. The van der Waals surface area contributed by atoms with E-state index in [9.17, 15) is 9.59 Å². The van der Waals surface area contributed by atoms with E-state index in [2.05, 4.69) is 20.2 Å². The molecule has 188 valence electrons. The first kappa shape index (κ1) is 23.7. The van der Waals surface area contributed by atoms with Crippen LogP contribution in [-0.2, 0) is 11.4 Å². The summed E-state index contributed by atoms with van der Waals surface area (Å²) < 4.78 is 7.09. The van der Waals surface area contributed by atoms with Gasteiger partial charge in [0.25, 0.3) is 11.5 Å². The van der Waals surface area contributed by atoms with Gasteiger partial charge in [-0.25, -0.2) is 4.98 Å². The van der Waals surface area contributed by atoms with E-state index in [0.717, 1.165) is 28.5 Å². The van der Waals surface area contributed by atoms with Crippen LogP contribution in [-0.4, -0.2) is 41.6 Å². The molecule has 1 N–H and O–H groups in total. The highest BCUT2D eigenvalue weighted by Crippen LogP contribution is 2.36. The van der Waals surface area contributed by atoms with Crippen molar-refractivity contribution in [3.63, 3.8) is 0 Å². The minimum Gasteiger partial charge on any atom is -0.487 e. The summed E-state index contributed by atoms with van der Waals surface area (Å²) in [6.07, 6.45) is 7.47. The van der Waals surface area contributed by atoms with Gasteiger partial charge in [0.15, 0.2) is 5.84 Å². The number of carbonyl (C=O) groups is 1. The van der Waals surface area contributed by atoms with Crippen LogP contribution in [0.2, 0.25) is 0 Å². The molecule has 1 aliphatic carbocycles. The van der Waals surface area contributed by atoms with Crippen molar-refractivity contribution < 1.29 is 9.53 Å². The number of nitrogens with one attached hydrogen (secondary N) is 1. The number of ether oxygens (including phenoxy) is 1. The fourth-order valence-corrected chi connectivity index (χ4v) is 6.36. The molecule has 3 aliphatic rings. The van der Waals surface area contributed by atoms with Crippen molar-refractivity contribution in [2.45, 2.75) is 45.6 Å². The Morgan fingerprint density at radius 1 is 1.16 bits per heavy atom. The lowest BCUT2D eigenvalue weighted by Gasteiger charge is -2.20. The molecule has 1 amide bonds. The average molecular weight is 534 g/mol. The van der Waals surface area contributed by atoms with Gasteiger partial charge in [-0.2, -0.15) is 24.7 Å². The molecule has 1 aromatic carbocycles. The normalized spacial score (nSPS) is 19.4. The number of aliphatic imine (C=N–C) groups is 1. The molecule has 37 heavy (non-hydrogen) atoms. The van der Waals surface area contributed by atoms with Crippen molar-refractivity contribution in [3.8, 4) is 5.75 Å². The number of benzene rings is 1. The number of amidine groups is 2. The smallest absolute Gasteiger partial charge is 0.283 e. The van der Waals surface area contributed by atoms with Gasteiger partial charge in [-0.1, -0.05) is 42.7 Å². The van der Waals surface area contributed by atoms with Crippen molar-refractivity contribution in [2.75, 3.05) is 0 Å². The maximum absolute atomic E-state index is 12.7. The average Bonchev–Trinajstić information content (AvgIpc) is 3.50. The molecule has 2 aromatic heterocycles. The molecule has 0 spiro atoms. The molecule has 3 aromatic rings. The van der Waals surface area contributed by atoms with Gasteiger partial charge in [0.1, 0.15) is 22.4 Å². The van der Waals surface area contributed by atoms with E-state index in [1.807, 2.05) is 6.92 Å². The SMILES string of the molecule is Cc1nn2c(=O)cc(COc3ccc(/C=C4\C(=N)N5N=C(C6CCCCC6)SC5=NC4=O)cc3)nc2s1. The summed E-state index contributed by atoms with van der Waals surface area (Å²) in [4.78, 5) is 34.1. The van der Waals surface area contributed by atoms with E-state index < -0.39 is 5.91 Å². The Balaban J connectivity index is 1.15. The molecule has 4 heterocycles. The quantitative estimate of drug-likeness (QED) is 0.486. The molecule has 0 saturated heterocycles. The third-order valence-electron chi connectivity index (χ3n) is 6.40. The molecule has 12 heteroatoms. The van der Waals surface area contributed by atoms with E-state index in [1.165, 1.54) is 58.0 Å². The van der Waals surface area contributed by atoms with Gasteiger partial charge in [0, 0.05) is 12.0 Å². The number of carbonyl (C=O) groups excluding carboxylic acids is 1. The molecule has 6 rings (SSSR count). The molecule has 1 fully saturated rings. The number of hydrogen-bond acceptors (Lipinski definition) is 9. The zero-order chi connectivity index (χ0) is 25.5. The van der Waals surface area contributed by atoms with Gasteiger partial charge in [-0.05, 0) is 55.3 Å². The third-order valence-corrected chi connectivity index (χ3v) is 8.30. The van der Waals surface area contributed by atoms with Crippen molar-refractivity contribution in [2.24, 2.45) is 16.0 Å². The minimum atomic E-state index is -0.435. The lowest BCUT2D eigenvalue weighted by atomic mass is 9.90. The van der Waals surface area contributed by atoms with Crippen LogP contribution < -0.4 is 10.3 Å². The van der Waals surface area contributed by atoms with Crippen LogP contribution >= 0.6 is 23.1 Å². The molecule has 0 radical (unpaired) electrons. The standard InChI is InChI=1S/C25H23N7O3S2/c1-14-29-31-20(33)12-17(27-24(31)36-14)13-35-18-9-7-15(8-10-18)11-19-21(26)32-25(28-22(19)34)37-23(30-32)16-5-3-2-4-6-16/h7-12,16,26H,2-6,13H2,1H3/b19-11+,26-21?. The lowest BCUT2D eigenvalue weighted by molar-refractivity contribution is -0.114. The molecular formula is C25H23N7O3S2. The number of hydrogen-bond donors (Lipinski definition) is 1. The largest absolute Gasteiger partial charge is 0.487 e. The molecule has 10 nitrogen and oxygen atoms in total. The number of aryl methyl sites for hydroxylation is 1. The van der Waals surface area contributed by atoms with Gasteiger partial charge in [0.2, 0.25) is 10.1 Å². The molecule has 0 atom stereocenters. The highest BCUT2D eigenvalue weighted by Gasteiger charge is 2.37. The van der Waals surface area contributed by atoms with E-state index in [-0.39, 0.29) is 23.6 Å². The Morgan fingerprint density at radius 2 is 1.95 bits per heavy atom. The van der Waals surface area contributed by atoms with Crippen LogP contribution in [0.4, 0.5) is 0 Å². The molecule has 2 aliphatic heterocycles. The number of aromatic nitrogens is 3. The Bertz CT molecular complexity index is 1560. The van der Waals surface area contributed by atoms with Crippen LogP contribution in [0, 0.1) is 18.3 Å². The van der Waals surface area contributed by atoms with Gasteiger partial charge in [-0.15, -0.1) is 0 Å². The van der Waals surface area contributed by atoms with E-state index >= 15 is 0 Å². The summed E-state index contributed by atoms with van der Waals surface area (Å²) in [5.74, 6) is 0.583. The predicted molar refractivity (Wildman–Crippen MR) is 144 cm³/mol. The van der Waals surface area contributed by atoms with Gasteiger partial charge in [-0.3, -0.25) is 15.0 Å². The van der Waals surface area contributed by atoms with E-state index in [4.69, 9.17) is 10.1 Å². The first-order valence-corrected chi connectivity index (χ1v) is 13.7. The maximum atomic E-state index is 12.7. The Kier molecular flexibility index (Phi) is 6.21. The number of hydrazone groups is 1. The topological polar surface area (TPSA) is 125 Å². The highest BCUT2D eigenvalue weighted by atomic mass is 32.2. The van der Waals surface area contributed by atoms with Crippen molar-refractivity contribution in [1.82, 2.24) is 19.6 Å². The fraction of sp³-hybridized carbons (Fsp3) is 0.320. The van der Waals surface area contributed by atoms with Crippen LogP contribution in [0.15, 0.2) is 50.8 Å². The van der Waals surface area contributed by atoms with Crippen LogP contribution in [0.1, 0.15) is 48.4 Å². The number of rotatable bonds is 5. The monoisotopic (exact) mass is 533 g/mol. The molecular weight excluding hydrogens is 510 g/mol. The van der Waals surface area contributed by atoms with Crippen LogP contribution in [0.3, 0.4) is 0 Å². The number of amides is 1. The zero-order valence-electron chi connectivity index (χ0n) is 20.0. The van der Waals surface area contributed by atoms with Gasteiger partial charge in [0.05, 0.1) is 11.3 Å². The molecule has 1 saturated carbocycles. The first-order chi connectivity index (χ1) is 17.9. The van der Waals surface area contributed by atoms with Crippen LogP contribution in [0.25, 0.3) is 11.0 Å². The predicted octanol–water partition coefficient (Wildman–Crippen LogP) is 4.24. The summed E-state index contributed by atoms with van der Waals surface area (Å²) in [5.41, 5.74) is 1.21. The Labute approximate surface area is 220 Å². The van der Waals surface area contributed by atoms with E-state index in [0.29, 0.717) is 27.5 Å². The molecule has 0 unspecified atom stereocenters. The number of thioether (sulfide) groups is 1. The van der Waals surface area contributed by atoms with E-state index in [1.54, 1.807) is 30.3 Å². The van der Waals surface area contributed by atoms with Gasteiger partial charge < -0.3 is 4.74 Å². The highest BCUT2D eigenvalue weighted by molar-refractivity contribution is 8.27. The second-order valence-corrected chi connectivity index (χ2v) is 11.2. The summed E-state index contributed by atoms with van der Waals surface area (Å²) in [6.45, 7) is 1.96. The minimum absolute atomic E-state index is 0.0414. The van der Waals surface area contributed by atoms with Crippen molar-refractivity contribution in [3.05, 3.63) is 62.5 Å². The number of fused-ring (bicyclic) bond motifs is 2. The number of nitrogens with zero attached hydrogens (tertiary/aromatic N) is 6. The summed E-state index contributed by atoms with van der Waals surface area (Å²) >= 11 is 2.76. The zero-order valence-corrected chi connectivity index (χ0v) is 21.6. The third kappa shape index (κ3) is 4.74. The Hall–Kier alpha value is -3.64. The van der Waals surface area contributed by atoms with Gasteiger partial charge >= 0.3 is 0 Å². The second-order valence-electron chi connectivity index (χ2n) is 9.05. The summed E-state index contributed by atoms with van der Waals surface area (Å²) in [6, 6.07) is 8.56. The summed E-state index contributed by atoms with van der Waals surface area (Å²) in [5, 5.41) is 21.1. The fourth-order valence-electron chi connectivity index (χ4n) is 4.53. The Morgan fingerprint density at radius 3 is 2.73 bits per heavy atom. The van der Waals surface area contributed by atoms with Crippen molar-refractivity contribution >= 4 is 56.1 Å². The van der Waals surface area contributed by atoms with Crippen molar-refractivity contribution in [1.29, 1.82) is 5.41 Å². The maximum Gasteiger partial charge on any atom is 0.283 e. The van der Waals surface area contributed by atoms with Crippen LogP contribution in [0.5, 0.6) is 5.75 Å². The summed E-state index contributed by atoms with van der Waals surface area (Å²) in [7, 11) is 0. The lowest BCUT2D eigenvalue weighted by Crippen LogP contribution is -2.35. The molecule has 0 bridgehead atoms. The second kappa shape index (κ2) is 9.67.